The molecule has 0 fully saturated rings. The molecule has 0 aromatic heterocycles. The molecule has 1 atom stereocenters. The Balaban J connectivity index is 1.66. The van der Waals surface area contributed by atoms with Crippen molar-refractivity contribution in [1.82, 2.24) is 9.62 Å². The highest BCUT2D eigenvalue weighted by molar-refractivity contribution is 7.89. The topological polar surface area (TPSA) is 107 Å². The second kappa shape index (κ2) is 14.9. The van der Waals surface area contributed by atoms with Crippen LogP contribution in [0.25, 0.3) is 11.1 Å². The van der Waals surface area contributed by atoms with Crippen LogP contribution >= 0.6 is 0 Å². The van der Waals surface area contributed by atoms with Gasteiger partial charge in [0.25, 0.3) is 0 Å². The Morgan fingerprint density at radius 2 is 1.74 bits per heavy atom. The average molecular weight is 599 g/mol. The van der Waals surface area contributed by atoms with E-state index in [1.54, 1.807) is 18.2 Å². The lowest BCUT2D eigenvalue weighted by atomic mass is 9.95. The van der Waals surface area contributed by atoms with Gasteiger partial charge in [-0.1, -0.05) is 49.4 Å². The summed E-state index contributed by atoms with van der Waals surface area (Å²) in [5, 5.41) is 23.2. The maximum atomic E-state index is 14.1. The number of aliphatic carboxylic acids is 1. The number of aliphatic hydroxyl groups excluding tert-OH is 1. The van der Waals surface area contributed by atoms with Crippen molar-refractivity contribution in [3.8, 4) is 11.1 Å². The van der Waals surface area contributed by atoms with Gasteiger partial charge in [-0.25, -0.2) is 12.8 Å². The highest BCUT2D eigenvalue weighted by Gasteiger charge is 2.27. The molecule has 228 valence electrons. The Kier molecular flexibility index (Phi) is 11.8. The average Bonchev–Trinajstić information content (AvgIpc) is 2.95. The minimum Gasteiger partial charge on any atom is -0.481 e. The maximum Gasteiger partial charge on any atom is 0.303 e. The maximum absolute atomic E-state index is 14.1. The predicted molar refractivity (Wildman–Crippen MR) is 164 cm³/mol. The first-order valence-corrected chi connectivity index (χ1v) is 15.8. The molecule has 7 nitrogen and oxygen atoms in total. The summed E-state index contributed by atoms with van der Waals surface area (Å²) < 4.78 is 42.4. The van der Waals surface area contributed by atoms with Gasteiger partial charge in [0.1, 0.15) is 5.82 Å². The molecule has 0 spiro atoms. The third kappa shape index (κ3) is 9.46. The fourth-order valence-corrected chi connectivity index (χ4v) is 6.52. The lowest BCUT2D eigenvalue weighted by Crippen LogP contribution is -2.46. The molecule has 0 aliphatic heterocycles. The summed E-state index contributed by atoms with van der Waals surface area (Å²) in [6.07, 6.45) is 2.49. The Morgan fingerprint density at radius 3 is 2.40 bits per heavy atom. The number of likely N-dealkylation sites (N-methyl/N-ethyl adjacent to an activating group) is 1. The van der Waals surface area contributed by atoms with E-state index in [4.69, 9.17) is 5.11 Å². The van der Waals surface area contributed by atoms with Gasteiger partial charge < -0.3 is 15.5 Å². The first-order chi connectivity index (χ1) is 19.8. The minimum absolute atomic E-state index is 0.0798. The van der Waals surface area contributed by atoms with Crippen LogP contribution in [0.3, 0.4) is 0 Å². The molecule has 42 heavy (non-hydrogen) atoms. The zero-order valence-electron chi connectivity index (χ0n) is 24.9. The molecule has 3 N–H and O–H groups in total. The minimum atomic E-state index is -3.92. The fourth-order valence-electron chi connectivity index (χ4n) is 5.04. The van der Waals surface area contributed by atoms with Crippen LogP contribution in [-0.2, 0) is 34.1 Å². The number of nitrogens with one attached hydrogen (secondary N) is 1. The second-order valence-corrected chi connectivity index (χ2v) is 13.4. The van der Waals surface area contributed by atoms with Gasteiger partial charge in [-0.05, 0) is 98.0 Å². The summed E-state index contributed by atoms with van der Waals surface area (Å²) in [6.45, 7) is 6.16. The van der Waals surface area contributed by atoms with Gasteiger partial charge in [-0.15, -0.1) is 0 Å². The zero-order valence-corrected chi connectivity index (χ0v) is 25.8. The number of nitrogens with zero attached hydrogens (tertiary/aromatic N) is 1. The zero-order chi connectivity index (χ0) is 30.9. The van der Waals surface area contributed by atoms with Gasteiger partial charge in [-0.3, -0.25) is 4.79 Å². The third-order valence-electron chi connectivity index (χ3n) is 7.51. The van der Waals surface area contributed by atoms with Gasteiger partial charge >= 0.3 is 5.97 Å². The molecule has 0 saturated heterocycles. The number of benzene rings is 3. The number of sulfonamides is 1. The Morgan fingerprint density at radius 1 is 1.02 bits per heavy atom. The number of rotatable bonds is 16. The second-order valence-electron chi connectivity index (χ2n) is 11.4. The van der Waals surface area contributed by atoms with Crippen molar-refractivity contribution in [2.45, 2.75) is 75.8 Å². The lowest BCUT2D eigenvalue weighted by Gasteiger charge is -2.29. The molecule has 9 heteroatoms. The molecule has 3 aromatic carbocycles. The van der Waals surface area contributed by atoms with Crippen molar-refractivity contribution < 1.29 is 27.8 Å². The standard InChI is InChI=1S/C33H43FN2O5S/c1-5-25-20-27(30-21-28(34)16-13-26(30)15-18-32(38)39)14-17-31(25)42(40,41)36(4)23-29(37)22-35-33(2,3)19-9-12-24-10-7-6-8-11-24/h6-8,10-11,13-14,16-17,20-21,29,35,37H,5,9,12,15,18-19,22-23H2,1-4H3,(H,38,39)/t29-/m1/s1. The summed E-state index contributed by atoms with van der Waals surface area (Å²) in [7, 11) is -2.47. The van der Waals surface area contributed by atoms with Crippen LogP contribution in [0.15, 0.2) is 71.6 Å². The van der Waals surface area contributed by atoms with Gasteiger partial charge in [-0.2, -0.15) is 4.31 Å². The van der Waals surface area contributed by atoms with Crippen molar-refractivity contribution in [2.75, 3.05) is 20.1 Å². The number of aryl methyl sites for hydroxylation is 3. The van der Waals surface area contributed by atoms with E-state index < -0.39 is 27.9 Å². The van der Waals surface area contributed by atoms with Crippen molar-refractivity contribution >= 4 is 16.0 Å². The van der Waals surface area contributed by atoms with Crippen LogP contribution in [0, 0.1) is 5.82 Å². The van der Waals surface area contributed by atoms with Gasteiger partial charge in [0.05, 0.1) is 11.0 Å². The van der Waals surface area contributed by atoms with E-state index >= 15 is 0 Å². The van der Waals surface area contributed by atoms with Crippen molar-refractivity contribution in [3.05, 3.63) is 89.2 Å². The molecule has 0 amide bonds. The number of carbonyl (C=O) groups is 1. The van der Waals surface area contributed by atoms with Crippen LogP contribution in [0.4, 0.5) is 4.39 Å². The molecule has 0 unspecified atom stereocenters. The Bertz CT molecular complexity index is 1440. The lowest BCUT2D eigenvalue weighted by molar-refractivity contribution is -0.136. The summed E-state index contributed by atoms with van der Waals surface area (Å²) in [5.74, 6) is -1.41. The summed E-state index contributed by atoms with van der Waals surface area (Å²) in [4.78, 5) is 11.2. The smallest absolute Gasteiger partial charge is 0.303 e. The number of halogens is 1. The molecule has 0 heterocycles. The normalized spacial score (nSPS) is 12.9. The van der Waals surface area contributed by atoms with Crippen molar-refractivity contribution in [1.29, 1.82) is 0 Å². The molecule has 0 radical (unpaired) electrons. The Hall–Kier alpha value is -3.11. The van der Waals surface area contributed by atoms with Gasteiger partial charge in [0, 0.05) is 32.1 Å². The number of hydrogen-bond donors (Lipinski definition) is 3. The largest absolute Gasteiger partial charge is 0.481 e. The molecular weight excluding hydrogens is 555 g/mol. The van der Waals surface area contributed by atoms with E-state index in [9.17, 15) is 22.7 Å². The molecule has 0 bridgehead atoms. The number of carboxylic acid groups (broad SMARTS) is 1. The van der Waals surface area contributed by atoms with Crippen LogP contribution in [-0.4, -0.2) is 60.7 Å². The highest BCUT2D eigenvalue weighted by Crippen LogP contribution is 2.30. The van der Waals surface area contributed by atoms with Crippen molar-refractivity contribution in [2.24, 2.45) is 0 Å². The first-order valence-electron chi connectivity index (χ1n) is 14.4. The van der Waals surface area contributed by atoms with E-state index in [1.807, 2.05) is 25.1 Å². The molecule has 3 rings (SSSR count). The van der Waals surface area contributed by atoms with Crippen molar-refractivity contribution in [3.63, 3.8) is 0 Å². The quantitative estimate of drug-likeness (QED) is 0.203. The van der Waals surface area contributed by atoms with Crippen LogP contribution in [0.2, 0.25) is 0 Å². The highest BCUT2D eigenvalue weighted by atomic mass is 32.2. The van der Waals surface area contributed by atoms with Gasteiger partial charge in [0.2, 0.25) is 10.0 Å². The third-order valence-corrected chi connectivity index (χ3v) is 9.44. The first kappa shape index (κ1) is 33.4. The monoisotopic (exact) mass is 598 g/mol. The number of carboxylic acids is 1. The van der Waals surface area contributed by atoms with E-state index in [0.717, 1.165) is 23.6 Å². The predicted octanol–water partition coefficient (Wildman–Crippen LogP) is 5.44. The number of β-amino-alcohol motifs (C(OH)–C–C–N with tert-alkyl or cyclic N) is 1. The summed E-state index contributed by atoms with van der Waals surface area (Å²) >= 11 is 0. The van der Waals surface area contributed by atoms with E-state index in [-0.39, 0.29) is 36.4 Å². The summed E-state index contributed by atoms with van der Waals surface area (Å²) in [6, 6.07) is 19.3. The molecular formula is C33H43FN2O5S. The molecule has 0 saturated carbocycles. The number of hydrogen-bond acceptors (Lipinski definition) is 5. The van der Waals surface area contributed by atoms with Crippen LogP contribution < -0.4 is 5.32 Å². The van der Waals surface area contributed by atoms with Crippen LogP contribution in [0.1, 0.15) is 56.7 Å². The van der Waals surface area contributed by atoms with E-state index in [0.29, 0.717) is 28.7 Å². The SMILES string of the molecule is CCc1cc(-c2cc(F)ccc2CCC(=O)O)ccc1S(=O)(=O)N(C)C[C@H](O)CNC(C)(C)CCCc1ccccc1. The number of aliphatic hydroxyl groups is 1. The van der Waals surface area contributed by atoms with E-state index in [2.05, 4.69) is 31.3 Å². The fraction of sp³-hybridized carbons (Fsp3) is 0.424. The van der Waals surface area contributed by atoms with Gasteiger partial charge in [0.15, 0.2) is 0 Å². The van der Waals surface area contributed by atoms with E-state index in [1.165, 1.54) is 30.8 Å². The molecule has 0 aliphatic rings. The Labute approximate surface area is 249 Å². The summed E-state index contributed by atoms with van der Waals surface area (Å²) in [5.41, 5.74) is 3.45. The molecule has 0 aliphatic carbocycles. The van der Waals surface area contributed by atoms with Crippen LogP contribution in [0.5, 0.6) is 0 Å². The molecule has 3 aromatic rings.